The van der Waals surface area contributed by atoms with Gasteiger partial charge in [0.05, 0.1) is 6.61 Å². The Morgan fingerprint density at radius 3 is 2.50 bits per heavy atom. The summed E-state index contributed by atoms with van der Waals surface area (Å²) in [4.78, 5) is 23.4. The normalized spacial score (nSPS) is 10.2. The molecule has 4 nitrogen and oxygen atoms in total. The van der Waals surface area contributed by atoms with E-state index in [1.165, 1.54) is 6.07 Å². The number of aromatic nitrogens is 1. The minimum Gasteiger partial charge on any atom is -0.462 e. The predicted molar refractivity (Wildman–Crippen MR) is 61.8 cm³/mol. The van der Waals surface area contributed by atoms with Gasteiger partial charge in [-0.25, -0.2) is 4.79 Å². The molecule has 0 saturated heterocycles. The molecule has 0 aromatic carbocycles. The first kappa shape index (κ1) is 12.5. The number of nitrogens with zero attached hydrogens (tertiary/aromatic N) is 1. The van der Waals surface area contributed by atoms with Gasteiger partial charge < -0.3 is 9.30 Å². The highest BCUT2D eigenvalue weighted by atomic mass is 16.5. The maximum absolute atomic E-state index is 11.7. The Bertz CT molecular complexity index is 460. The first-order chi connectivity index (χ1) is 7.52. The van der Waals surface area contributed by atoms with Crippen molar-refractivity contribution in [1.82, 2.24) is 4.57 Å². The van der Waals surface area contributed by atoms with Crippen molar-refractivity contribution in [2.75, 3.05) is 6.61 Å². The van der Waals surface area contributed by atoms with Crippen molar-refractivity contribution < 1.29 is 9.53 Å². The van der Waals surface area contributed by atoms with E-state index >= 15 is 0 Å². The Balaban J connectivity index is 3.39. The molecule has 0 atom stereocenters. The van der Waals surface area contributed by atoms with Crippen LogP contribution in [0.1, 0.15) is 35.6 Å². The monoisotopic (exact) mass is 223 g/mol. The van der Waals surface area contributed by atoms with Crippen molar-refractivity contribution >= 4 is 5.97 Å². The summed E-state index contributed by atoms with van der Waals surface area (Å²) in [6.45, 7) is 8.32. The molecule has 4 heteroatoms. The van der Waals surface area contributed by atoms with Crippen molar-refractivity contribution in [2.24, 2.45) is 0 Å². The molecule has 0 bridgehead atoms. The second-order valence-electron chi connectivity index (χ2n) is 3.58. The molecule has 0 amide bonds. The number of ether oxygens (including phenoxy) is 1. The van der Waals surface area contributed by atoms with Gasteiger partial charge in [0.2, 0.25) is 0 Å². The lowest BCUT2D eigenvalue weighted by Crippen LogP contribution is -2.24. The van der Waals surface area contributed by atoms with Gasteiger partial charge >= 0.3 is 5.97 Å². The molecule has 0 unspecified atom stereocenters. The molecular weight excluding hydrogens is 206 g/mol. The van der Waals surface area contributed by atoms with Crippen molar-refractivity contribution in [3.05, 3.63) is 33.2 Å². The molecule has 0 fully saturated rings. The van der Waals surface area contributed by atoms with Gasteiger partial charge in [0.25, 0.3) is 0 Å². The first-order valence-corrected chi connectivity index (χ1v) is 5.41. The average Bonchev–Trinajstić information content (AvgIpc) is 2.17. The van der Waals surface area contributed by atoms with Crippen molar-refractivity contribution in [3.8, 4) is 0 Å². The minimum absolute atomic E-state index is 0.148. The lowest BCUT2D eigenvalue weighted by atomic mass is 10.1. The molecule has 1 heterocycles. The lowest BCUT2D eigenvalue weighted by molar-refractivity contribution is 0.0522. The summed E-state index contributed by atoms with van der Waals surface area (Å²) < 4.78 is 6.80. The minimum atomic E-state index is -0.535. The van der Waals surface area contributed by atoms with E-state index in [4.69, 9.17) is 4.74 Å². The van der Waals surface area contributed by atoms with Crippen LogP contribution in [0.5, 0.6) is 0 Å². The molecule has 1 aromatic rings. The number of hydrogen-bond donors (Lipinski definition) is 0. The molecule has 16 heavy (non-hydrogen) atoms. The standard InChI is InChI=1S/C12H17NO3/c1-5-13-8(3)7-10(14)11(9(13)4)12(15)16-6-2/h7H,5-6H2,1-4H3. The molecule has 0 spiro atoms. The Labute approximate surface area is 94.9 Å². The SMILES string of the molecule is CCOC(=O)c1c(C)n(CC)c(C)cc1=O. The molecule has 0 aliphatic carbocycles. The molecule has 0 radical (unpaired) electrons. The van der Waals surface area contributed by atoms with Crippen LogP contribution in [0.3, 0.4) is 0 Å². The largest absolute Gasteiger partial charge is 0.462 e. The summed E-state index contributed by atoms with van der Waals surface area (Å²) in [6.07, 6.45) is 0. The number of rotatable bonds is 3. The van der Waals surface area contributed by atoms with Crippen LogP contribution in [0, 0.1) is 13.8 Å². The van der Waals surface area contributed by atoms with E-state index in [-0.39, 0.29) is 17.6 Å². The second-order valence-corrected chi connectivity index (χ2v) is 3.58. The Hall–Kier alpha value is -1.58. The second kappa shape index (κ2) is 4.96. The zero-order valence-electron chi connectivity index (χ0n) is 10.2. The van der Waals surface area contributed by atoms with Crippen LogP contribution in [0.4, 0.5) is 0 Å². The van der Waals surface area contributed by atoms with Gasteiger partial charge in [0.1, 0.15) is 5.56 Å². The highest BCUT2D eigenvalue weighted by Gasteiger charge is 2.17. The number of pyridine rings is 1. The summed E-state index contributed by atoms with van der Waals surface area (Å²) >= 11 is 0. The quantitative estimate of drug-likeness (QED) is 0.732. The predicted octanol–water partition coefficient (Wildman–Crippen LogP) is 1.66. The fourth-order valence-electron chi connectivity index (χ4n) is 1.86. The van der Waals surface area contributed by atoms with Gasteiger partial charge in [0, 0.05) is 24.0 Å². The van der Waals surface area contributed by atoms with Crippen LogP contribution in [0.2, 0.25) is 0 Å². The Kier molecular flexibility index (Phi) is 3.88. The number of carbonyl (C=O) groups excluding carboxylic acids is 1. The third-order valence-corrected chi connectivity index (χ3v) is 2.57. The van der Waals surface area contributed by atoms with Gasteiger partial charge in [-0.2, -0.15) is 0 Å². The zero-order chi connectivity index (χ0) is 12.3. The molecule has 0 aliphatic heterocycles. The summed E-state index contributed by atoms with van der Waals surface area (Å²) in [5.74, 6) is -0.535. The van der Waals surface area contributed by atoms with E-state index in [2.05, 4.69) is 0 Å². The van der Waals surface area contributed by atoms with Crippen molar-refractivity contribution in [3.63, 3.8) is 0 Å². The van der Waals surface area contributed by atoms with Gasteiger partial charge in [-0.1, -0.05) is 0 Å². The van der Waals surface area contributed by atoms with Crippen LogP contribution in [0.15, 0.2) is 10.9 Å². The Morgan fingerprint density at radius 1 is 1.38 bits per heavy atom. The number of aryl methyl sites for hydroxylation is 1. The van der Waals surface area contributed by atoms with Crippen LogP contribution in [-0.4, -0.2) is 17.1 Å². The molecule has 0 N–H and O–H groups in total. The van der Waals surface area contributed by atoms with Crippen LogP contribution < -0.4 is 5.43 Å². The fraction of sp³-hybridized carbons (Fsp3) is 0.500. The summed E-state index contributed by atoms with van der Waals surface area (Å²) in [7, 11) is 0. The van der Waals surface area contributed by atoms with Crippen LogP contribution >= 0.6 is 0 Å². The summed E-state index contributed by atoms with van der Waals surface area (Å²) in [6, 6.07) is 1.47. The van der Waals surface area contributed by atoms with Crippen LogP contribution in [-0.2, 0) is 11.3 Å². The number of esters is 1. The zero-order valence-corrected chi connectivity index (χ0v) is 10.2. The third-order valence-electron chi connectivity index (χ3n) is 2.57. The number of hydrogen-bond acceptors (Lipinski definition) is 3. The summed E-state index contributed by atoms with van der Waals surface area (Å²) in [5, 5.41) is 0. The maximum atomic E-state index is 11.7. The highest BCUT2D eigenvalue weighted by molar-refractivity contribution is 5.90. The van der Waals surface area contributed by atoms with Gasteiger partial charge in [-0.15, -0.1) is 0 Å². The molecule has 0 saturated carbocycles. The molecule has 0 aliphatic rings. The van der Waals surface area contributed by atoms with E-state index in [9.17, 15) is 9.59 Å². The molecular formula is C12H17NO3. The molecule has 1 rings (SSSR count). The Morgan fingerprint density at radius 2 is 2.00 bits per heavy atom. The highest BCUT2D eigenvalue weighted by Crippen LogP contribution is 2.08. The topological polar surface area (TPSA) is 48.3 Å². The van der Waals surface area contributed by atoms with Gasteiger partial charge in [-0.05, 0) is 27.7 Å². The first-order valence-electron chi connectivity index (χ1n) is 5.41. The lowest BCUT2D eigenvalue weighted by Gasteiger charge is -2.14. The van der Waals surface area contributed by atoms with Gasteiger partial charge in [0.15, 0.2) is 5.43 Å². The van der Waals surface area contributed by atoms with E-state index in [1.807, 2.05) is 18.4 Å². The van der Waals surface area contributed by atoms with Gasteiger partial charge in [-0.3, -0.25) is 4.79 Å². The van der Waals surface area contributed by atoms with E-state index in [0.29, 0.717) is 5.69 Å². The fourth-order valence-corrected chi connectivity index (χ4v) is 1.86. The van der Waals surface area contributed by atoms with Crippen molar-refractivity contribution in [2.45, 2.75) is 34.2 Å². The van der Waals surface area contributed by atoms with Crippen LogP contribution in [0.25, 0.3) is 0 Å². The maximum Gasteiger partial charge on any atom is 0.343 e. The van der Waals surface area contributed by atoms with Crippen molar-refractivity contribution in [1.29, 1.82) is 0 Å². The molecule has 88 valence electrons. The van der Waals surface area contributed by atoms with E-state index < -0.39 is 5.97 Å². The number of carbonyl (C=O) groups is 1. The van der Waals surface area contributed by atoms with E-state index in [0.717, 1.165) is 12.2 Å². The third kappa shape index (κ3) is 2.15. The smallest absolute Gasteiger partial charge is 0.343 e. The summed E-state index contributed by atoms with van der Waals surface area (Å²) in [5.41, 5.74) is 1.41. The average molecular weight is 223 g/mol. The van der Waals surface area contributed by atoms with E-state index in [1.54, 1.807) is 13.8 Å². The molecule has 1 aromatic heterocycles.